The van der Waals surface area contributed by atoms with Crippen molar-refractivity contribution in [2.24, 2.45) is 0 Å². The number of para-hydroxylation sites is 1. The monoisotopic (exact) mass is 348 g/mol. The molecule has 0 atom stereocenters. The molecule has 0 unspecified atom stereocenters. The Labute approximate surface area is 142 Å². The van der Waals surface area contributed by atoms with Gasteiger partial charge in [-0.2, -0.15) is 0 Å². The zero-order chi connectivity index (χ0) is 17.7. The Morgan fingerprint density at radius 1 is 0.958 bits per heavy atom. The van der Waals surface area contributed by atoms with Crippen LogP contribution < -0.4 is 13.9 Å². The van der Waals surface area contributed by atoms with E-state index in [-0.39, 0.29) is 12.5 Å². The molecule has 0 aliphatic heterocycles. The normalized spacial score (nSPS) is 11.0. The second-order valence-corrected chi connectivity index (χ2v) is 7.32. The van der Waals surface area contributed by atoms with E-state index in [1.54, 1.807) is 43.4 Å². The molecule has 2 rings (SSSR count). The number of amides is 1. The van der Waals surface area contributed by atoms with Crippen LogP contribution in [0.3, 0.4) is 0 Å². The summed E-state index contributed by atoms with van der Waals surface area (Å²) in [6.45, 7) is -0.0779. The third kappa shape index (κ3) is 4.48. The van der Waals surface area contributed by atoms with Crippen molar-refractivity contribution in [1.29, 1.82) is 0 Å². The molecule has 0 bridgehead atoms. The zero-order valence-electron chi connectivity index (χ0n) is 13.8. The van der Waals surface area contributed by atoms with Gasteiger partial charge in [-0.05, 0) is 36.4 Å². The van der Waals surface area contributed by atoms with E-state index in [2.05, 4.69) is 0 Å². The van der Waals surface area contributed by atoms with Crippen molar-refractivity contribution in [2.75, 3.05) is 36.2 Å². The zero-order valence-corrected chi connectivity index (χ0v) is 14.7. The molecule has 0 aliphatic rings. The Morgan fingerprint density at radius 3 is 2.04 bits per heavy atom. The molecule has 1 amide bonds. The summed E-state index contributed by atoms with van der Waals surface area (Å²) in [4.78, 5) is 13.7. The number of anilines is 2. The van der Waals surface area contributed by atoms with Crippen molar-refractivity contribution in [3.05, 3.63) is 54.6 Å². The van der Waals surface area contributed by atoms with Crippen LogP contribution in [-0.2, 0) is 14.8 Å². The summed E-state index contributed by atoms with van der Waals surface area (Å²) >= 11 is 0. The predicted octanol–water partition coefficient (Wildman–Crippen LogP) is 2.12. The second-order valence-electron chi connectivity index (χ2n) is 5.30. The summed E-state index contributed by atoms with van der Waals surface area (Å²) in [5, 5.41) is 0. The van der Waals surface area contributed by atoms with Gasteiger partial charge >= 0.3 is 0 Å². The molecular formula is C17H20N2O4S. The van der Waals surface area contributed by atoms with Crippen LogP contribution in [0, 0.1) is 0 Å². The van der Waals surface area contributed by atoms with Crippen LogP contribution in [0.4, 0.5) is 11.4 Å². The number of carbonyl (C=O) groups is 1. The van der Waals surface area contributed by atoms with E-state index in [0.29, 0.717) is 17.1 Å². The van der Waals surface area contributed by atoms with Crippen molar-refractivity contribution in [1.82, 2.24) is 0 Å². The minimum absolute atomic E-state index is 0.0779. The number of carbonyl (C=O) groups excluding carboxylic acids is 1. The van der Waals surface area contributed by atoms with Crippen molar-refractivity contribution < 1.29 is 17.9 Å². The molecule has 2 aromatic carbocycles. The molecule has 2 aromatic rings. The maximum absolute atomic E-state index is 12.2. The lowest BCUT2D eigenvalue weighted by molar-refractivity contribution is -0.120. The van der Waals surface area contributed by atoms with Crippen LogP contribution in [-0.4, -0.2) is 41.3 Å². The van der Waals surface area contributed by atoms with Gasteiger partial charge in [0.25, 0.3) is 5.91 Å². The van der Waals surface area contributed by atoms with E-state index in [1.165, 1.54) is 16.3 Å². The number of ether oxygens (including phenoxy) is 1. The van der Waals surface area contributed by atoms with Crippen LogP contribution in [0.15, 0.2) is 54.6 Å². The van der Waals surface area contributed by atoms with E-state index in [9.17, 15) is 13.2 Å². The highest BCUT2D eigenvalue weighted by Crippen LogP contribution is 2.21. The average molecular weight is 348 g/mol. The lowest BCUT2D eigenvalue weighted by Gasteiger charge is -2.20. The average Bonchev–Trinajstić information content (AvgIpc) is 2.58. The number of nitrogens with zero attached hydrogens (tertiary/aromatic N) is 2. The van der Waals surface area contributed by atoms with E-state index >= 15 is 0 Å². The highest BCUT2D eigenvalue weighted by atomic mass is 32.2. The summed E-state index contributed by atoms with van der Waals surface area (Å²) in [6, 6.07) is 15.8. The first-order valence-corrected chi connectivity index (χ1v) is 9.12. The van der Waals surface area contributed by atoms with Gasteiger partial charge in [-0.3, -0.25) is 9.10 Å². The van der Waals surface area contributed by atoms with E-state index < -0.39 is 10.0 Å². The van der Waals surface area contributed by atoms with Gasteiger partial charge < -0.3 is 9.64 Å². The van der Waals surface area contributed by atoms with Gasteiger partial charge in [-0.25, -0.2) is 8.42 Å². The summed E-state index contributed by atoms with van der Waals surface area (Å²) in [5.74, 6) is 0.424. The lowest BCUT2D eigenvalue weighted by atomic mass is 10.2. The minimum Gasteiger partial charge on any atom is -0.484 e. The van der Waals surface area contributed by atoms with Gasteiger partial charge in [0.2, 0.25) is 10.0 Å². The smallest absolute Gasteiger partial charge is 0.264 e. The topological polar surface area (TPSA) is 66.9 Å². The Bertz CT molecular complexity index is 789. The SMILES string of the molecule is CN(C(=O)COc1ccccc1)c1ccc(N(C)S(C)(=O)=O)cc1. The summed E-state index contributed by atoms with van der Waals surface area (Å²) < 4.78 is 29.7. The highest BCUT2D eigenvalue weighted by Gasteiger charge is 2.14. The second kappa shape index (κ2) is 7.35. The third-order valence-electron chi connectivity index (χ3n) is 3.58. The molecular weight excluding hydrogens is 328 g/mol. The standard InChI is InChI=1S/C17H20N2O4S/c1-18(17(20)13-23-16-7-5-4-6-8-16)14-9-11-15(12-10-14)19(2)24(3,21)22/h4-12H,13H2,1-3H3. The molecule has 0 fully saturated rings. The third-order valence-corrected chi connectivity index (χ3v) is 4.78. The van der Waals surface area contributed by atoms with Gasteiger partial charge in [0, 0.05) is 19.8 Å². The molecule has 0 spiro atoms. The van der Waals surface area contributed by atoms with Crippen LogP contribution in [0.25, 0.3) is 0 Å². The molecule has 0 saturated carbocycles. The number of rotatable bonds is 6. The predicted molar refractivity (Wildman–Crippen MR) is 95.0 cm³/mol. The summed E-state index contributed by atoms with van der Waals surface area (Å²) in [5.41, 5.74) is 1.19. The quantitative estimate of drug-likeness (QED) is 0.802. The van der Waals surface area contributed by atoms with E-state index in [0.717, 1.165) is 6.26 Å². The largest absolute Gasteiger partial charge is 0.484 e. The maximum atomic E-state index is 12.2. The highest BCUT2D eigenvalue weighted by molar-refractivity contribution is 7.92. The molecule has 0 aliphatic carbocycles. The number of sulfonamides is 1. The van der Waals surface area contributed by atoms with Crippen LogP contribution in [0.5, 0.6) is 5.75 Å². The molecule has 7 heteroatoms. The molecule has 24 heavy (non-hydrogen) atoms. The summed E-state index contributed by atoms with van der Waals surface area (Å²) in [6.07, 6.45) is 1.14. The molecule has 0 aromatic heterocycles. The van der Waals surface area contributed by atoms with Gasteiger partial charge in [-0.1, -0.05) is 18.2 Å². The fourth-order valence-corrected chi connectivity index (χ4v) is 2.48. The number of hydrogen-bond donors (Lipinski definition) is 0. The fraction of sp³-hybridized carbons (Fsp3) is 0.235. The summed E-state index contributed by atoms with van der Waals surface area (Å²) in [7, 11) is -0.188. The molecule has 6 nitrogen and oxygen atoms in total. The Hall–Kier alpha value is -2.54. The van der Waals surface area contributed by atoms with Crippen molar-refractivity contribution in [2.45, 2.75) is 0 Å². The minimum atomic E-state index is -3.31. The van der Waals surface area contributed by atoms with Crippen LogP contribution in [0.2, 0.25) is 0 Å². The van der Waals surface area contributed by atoms with Gasteiger partial charge in [0.15, 0.2) is 6.61 Å². The van der Waals surface area contributed by atoms with Gasteiger partial charge in [0.1, 0.15) is 5.75 Å². The van der Waals surface area contributed by atoms with E-state index in [4.69, 9.17) is 4.74 Å². The van der Waals surface area contributed by atoms with Crippen molar-refractivity contribution >= 4 is 27.3 Å². The van der Waals surface area contributed by atoms with Gasteiger partial charge in [-0.15, -0.1) is 0 Å². The Balaban J connectivity index is 2.01. The molecule has 0 heterocycles. The Morgan fingerprint density at radius 2 is 1.50 bits per heavy atom. The first-order valence-electron chi connectivity index (χ1n) is 7.27. The lowest BCUT2D eigenvalue weighted by Crippen LogP contribution is -2.31. The molecule has 0 radical (unpaired) electrons. The van der Waals surface area contributed by atoms with Crippen LogP contribution in [0.1, 0.15) is 0 Å². The van der Waals surface area contributed by atoms with Crippen LogP contribution >= 0.6 is 0 Å². The first kappa shape index (κ1) is 17.8. The number of hydrogen-bond acceptors (Lipinski definition) is 4. The van der Waals surface area contributed by atoms with Crippen molar-refractivity contribution in [3.8, 4) is 5.75 Å². The maximum Gasteiger partial charge on any atom is 0.264 e. The molecule has 0 saturated heterocycles. The van der Waals surface area contributed by atoms with Gasteiger partial charge in [0.05, 0.1) is 11.9 Å². The number of benzene rings is 2. The molecule has 0 N–H and O–H groups in total. The molecule has 128 valence electrons. The first-order chi connectivity index (χ1) is 11.3. The Kier molecular flexibility index (Phi) is 5.46. The fourth-order valence-electron chi connectivity index (χ4n) is 1.98. The van der Waals surface area contributed by atoms with E-state index in [1.807, 2.05) is 18.2 Å². The number of likely N-dealkylation sites (N-methyl/N-ethyl adjacent to an activating group) is 1. The van der Waals surface area contributed by atoms with Crippen molar-refractivity contribution in [3.63, 3.8) is 0 Å².